The van der Waals surface area contributed by atoms with Gasteiger partial charge in [-0.15, -0.1) is 26.4 Å². The van der Waals surface area contributed by atoms with Crippen molar-refractivity contribution in [2.75, 3.05) is 93.1 Å². The van der Waals surface area contributed by atoms with Gasteiger partial charge in [-0.3, -0.25) is 0 Å². The zero-order chi connectivity index (χ0) is 56.1. The maximum atomic E-state index is 10.1. The van der Waals surface area contributed by atoms with Crippen LogP contribution in [-0.2, 0) is 62.3 Å². The molecule has 0 aromatic carbocycles. The van der Waals surface area contributed by atoms with Crippen LogP contribution in [0.15, 0.2) is 0 Å². The maximum Gasteiger partial charge on any atom is 3.00 e. The third kappa shape index (κ3) is 105. The smallest absolute Gasteiger partial charge is 0.857 e. The Labute approximate surface area is 502 Å². The number of carboxylic acid groups (broad SMARTS) is 6. The molecule has 0 aliphatic heterocycles. The van der Waals surface area contributed by atoms with Crippen molar-refractivity contribution in [1.29, 1.82) is 0 Å². The fraction of sp³-hybridized carbons (Fsp3) is 0.864. The molecule has 0 saturated carbocycles. The molecule has 2 N–H and O–H groups in total. The zero-order valence-electron chi connectivity index (χ0n) is 45.0. The Morgan fingerprint density at radius 3 is 0.443 bits per heavy atom. The van der Waals surface area contributed by atoms with E-state index in [0.717, 1.165) is 14.2 Å². The van der Waals surface area contributed by atoms with Gasteiger partial charge in [-0.25, -0.2) is 0 Å². The van der Waals surface area contributed by atoms with Crippen molar-refractivity contribution in [1.82, 2.24) is 9.80 Å². The van der Waals surface area contributed by atoms with Gasteiger partial charge in [0, 0.05) is 81.4 Å². The number of hydrogen-bond donors (Lipinski definition) is 2. The van der Waals surface area contributed by atoms with E-state index in [1.165, 1.54) is 0 Å². The SMILES string of the molecule is CC(C)(C)C(=O)[O-].CC(C)(C)C(=O)[O-].CC(C)(C)C(=O)[O-].CC(C)(C)C(=O)[O-].CC(C)(C)C(=O)[O-].CC(C)(C)C(=O)[O-].C[O-].C[O-].[Co+3].[Co+3].[O-]CCN(CC[O-])CCO.[O-]CCN(CC[O-])CCO.[Tb+3].[Tb+3]. The fourth-order valence-corrected chi connectivity index (χ4v) is 1.47. The van der Waals surface area contributed by atoms with Crippen LogP contribution in [0.1, 0.15) is 125 Å². The summed E-state index contributed by atoms with van der Waals surface area (Å²) in [4.78, 5) is 62.8. The molecule has 0 fully saturated rings. The number of carboxylic acids is 6. The van der Waals surface area contributed by atoms with Crippen molar-refractivity contribution >= 4 is 35.8 Å². The van der Waals surface area contributed by atoms with Gasteiger partial charge in [-0.2, -0.15) is 14.2 Å². The van der Waals surface area contributed by atoms with Crippen molar-refractivity contribution in [2.24, 2.45) is 32.5 Å². The second-order valence-electron chi connectivity index (χ2n) is 19.2. The largest absolute Gasteiger partial charge is 3.00 e. The molecule has 0 aromatic rings. The standard InChI is InChI=1S/2C6H13NO3.6C5H10O2.2CH3O.2Co.2Tb/c2*8-4-1-7(2-5-9)3-6-10;6*1-5(2,3)4(6)7;2*1-2;;;;/h2*8H,1-6H2;6*1-3H3,(H,6,7);2*1H3;;;;/q2*-2;;;;;;;2*-1;4*+3/p-6. The molecule has 0 atom stereocenters. The minimum Gasteiger partial charge on any atom is -0.857 e. The third-order valence-electron chi connectivity index (χ3n) is 6.14. The summed E-state index contributed by atoms with van der Waals surface area (Å²) >= 11 is 0. The molecule has 0 unspecified atom stereocenters. The van der Waals surface area contributed by atoms with E-state index in [9.17, 15) is 79.8 Å². The van der Waals surface area contributed by atoms with Crippen molar-refractivity contribution in [3.8, 4) is 0 Å². The number of aliphatic hydroxyl groups is 2. The van der Waals surface area contributed by atoms with Gasteiger partial charge in [0.15, 0.2) is 0 Å². The molecular formula is C44H86Co2N2O20Tb2. The number of hydrogen-bond acceptors (Lipinski definition) is 22. The third-order valence-corrected chi connectivity index (χ3v) is 6.14. The molecule has 22 nitrogen and oxygen atoms in total. The van der Waals surface area contributed by atoms with Gasteiger partial charge < -0.3 is 110 Å². The van der Waals surface area contributed by atoms with Crippen LogP contribution in [-0.4, -0.2) is 149 Å². The second kappa shape index (κ2) is 61.6. The molecule has 0 bridgehead atoms. The average Bonchev–Trinajstić information content (AvgIpc) is 3.13. The monoisotopic (exact) mass is 1400 g/mol. The quantitative estimate of drug-likeness (QED) is 0.183. The molecule has 0 amide bonds. The average molecular weight is 1400 g/mol. The Morgan fingerprint density at radius 1 is 0.314 bits per heavy atom. The van der Waals surface area contributed by atoms with Gasteiger partial charge in [-0.05, 0) is 26.2 Å². The summed E-state index contributed by atoms with van der Waals surface area (Å²) in [5.41, 5.74) is -4.17. The van der Waals surface area contributed by atoms with Gasteiger partial charge in [0.05, 0.1) is 13.2 Å². The molecule has 70 heavy (non-hydrogen) atoms. The molecule has 0 heterocycles. The number of rotatable bonds is 12. The predicted octanol–water partition coefficient (Wildman–Crippen LogP) is -9.36. The molecule has 0 aliphatic rings. The first kappa shape index (κ1) is 106. The van der Waals surface area contributed by atoms with Crippen molar-refractivity contribution in [2.45, 2.75) is 125 Å². The maximum absolute atomic E-state index is 10.1. The number of carbonyl (C=O) groups excluding carboxylic acids is 6. The van der Waals surface area contributed by atoms with Crippen LogP contribution < -0.4 is 61.3 Å². The molecule has 428 valence electrons. The van der Waals surface area contributed by atoms with Crippen LogP contribution in [0.4, 0.5) is 0 Å². The van der Waals surface area contributed by atoms with Gasteiger partial charge in [0.2, 0.25) is 0 Å². The van der Waals surface area contributed by atoms with E-state index in [-0.39, 0.29) is 150 Å². The Bertz CT molecular complexity index is 951. The summed E-state index contributed by atoms with van der Waals surface area (Å²) < 4.78 is 0. The minimum atomic E-state index is -1.01. The van der Waals surface area contributed by atoms with E-state index in [1.807, 2.05) is 0 Å². The Kier molecular flexibility index (Phi) is 93.4. The molecule has 0 radical (unpaired) electrons. The van der Waals surface area contributed by atoms with Gasteiger partial charge in [-0.1, -0.05) is 125 Å². The summed E-state index contributed by atoms with van der Waals surface area (Å²) in [6.45, 7) is 30.3. The first-order valence-corrected chi connectivity index (χ1v) is 20.5. The number of carbonyl (C=O) groups is 6. The molecule has 0 spiro atoms. The zero-order valence-corrected chi connectivity index (χ0v) is 51.3. The molecular weight excluding hydrogens is 1310 g/mol. The van der Waals surface area contributed by atoms with Gasteiger partial charge in [0.1, 0.15) is 0 Å². The Morgan fingerprint density at radius 2 is 0.400 bits per heavy atom. The van der Waals surface area contributed by atoms with Crippen LogP contribution in [0.3, 0.4) is 0 Å². The summed E-state index contributed by atoms with van der Waals surface area (Å²) in [6, 6.07) is 0. The second-order valence-corrected chi connectivity index (χ2v) is 19.2. The number of aliphatic carboxylic acids is 6. The van der Waals surface area contributed by atoms with E-state index >= 15 is 0 Å². The van der Waals surface area contributed by atoms with Crippen molar-refractivity contribution in [3.05, 3.63) is 0 Å². The molecule has 0 rings (SSSR count). The van der Waals surface area contributed by atoms with Gasteiger partial charge >= 0.3 is 111 Å². The van der Waals surface area contributed by atoms with E-state index in [0.29, 0.717) is 39.3 Å². The first-order valence-electron chi connectivity index (χ1n) is 20.5. The van der Waals surface area contributed by atoms with E-state index < -0.39 is 68.3 Å². The molecule has 0 aliphatic carbocycles. The van der Waals surface area contributed by atoms with E-state index in [1.54, 1.807) is 134 Å². The van der Waals surface area contributed by atoms with Crippen LogP contribution in [0, 0.1) is 110 Å². The van der Waals surface area contributed by atoms with Crippen LogP contribution >= 0.6 is 0 Å². The molecule has 26 heteroatoms. The number of aliphatic hydroxyl groups excluding tert-OH is 2. The Hall–Kier alpha value is 0.00442. The van der Waals surface area contributed by atoms with Crippen molar-refractivity contribution < 1.29 is 211 Å². The van der Waals surface area contributed by atoms with Gasteiger partial charge in [0.25, 0.3) is 0 Å². The Balaban J connectivity index is -0.0000000420. The molecule has 0 saturated heterocycles. The summed E-state index contributed by atoms with van der Waals surface area (Å²) in [5, 5.41) is 133. The molecule has 0 aromatic heterocycles. The van der Waals surface area contributed by atoms with Crippen LogP contribution in [0.5, 0.6) is 0 Å². The summed E-state index contributed by atoms with van der Waals surface area (Å²) in [5.74, 6) is -6.04. The normalized spacial score (nSPS) is 10.0. The predicted molar refractivity (Wildman–Crippen MR) is 225 cm³/mol. The first-order chi connectivity index (χ1) is 29.4. The van der Waals surface area contributed by atoms with Crippen LogP contribution in [0.2, 0.25) is 0 Å². The van der Waals surface area contributed by atoms with E-state index in [4.69, 9.17) is 20.4 Å². The topological polar surface area (TPSA) is 426 Å². The number of nitrogens with zero attached hydrogens (tertiary/aromatic N) is 2. The minimum absolute atomic E-state index is 0. The van der Waals surface area contributed by atoms with E-state index in [2.05, 4.69) is 0 Å². The van der Waals surface area contributed by atoms with Crippen LogP contribution in [0.25, 0.3) is 0 Å². The summed E-state index contributed by atoms with van der Waals surface area (Å²) in [6.07, 6.45) is 0. The summed E-state index contributed by atoms with van der Waals surface area (Å²) in [7, 11) is 1.50. The fourth-order valence-electron chi connectivity index (χ4n) is 1.47. The van der Waals surface area contributed by atoms with Crippen molar-refractivity contribution in [3.63, 3.8) is 0 Å².